The Bertz CT molecular complexity index is 858. The Balaban J connectivity index is 0.00000392. The van der Waals surface area contributed by atoms with E-state index >= 15 is 0 Å². The fourth-order valence-electron chi connectivity index (χ4n) is 2.63. The molecule has 2 rings (SSSR count). The lowest BCUT2D eigenvalue weighted by Gasteiger charge is -2.21. The van der Waals surface area contributed by atoms with Crippen LogP contribution in [0.4, 0.5) is 17.5 Å². The summed E-state index contributed by atoms with van der Waals surface area (Å²) in [6, 6.07) is 8.52. The zero-order chi connectivity index (χ0) is 20.0. The Kier molecular flexibility index (Phi) is 8.93. The van der Waals surface area contributed by atoms with Gasteiger partial charge in [0.25, 0.3) is 0 Å². The highest BCUT2D eigenvalue weighted by atomic mass is 35.5. The smallest absolute Gasteiger partial charge is 0.229 e. The van der Waals surface area contributed by atoms with Crippen molar-refractivity contribution in [3.63, 3.8) is 0 Å². The van der Waals surface area contributed by atoms with Crippen molar-refractivity contribution in [3.8, 4) is 0 Å². The minimum atomic E-state index is -3.32. The Morgan fingerprint density at radius 3 is 2.29 bits per heavy atom. The number of benzene rings is 1. The first kappa shape index (κ1) is 23.9. The van der Waals surface area contributed by atoms with E-state index in [9.17, 15) is 13.5 Å². The number of anilines is 3. The zero-order valence-electron chi connectivity index (χ0n) is 16.5. The topological polar surface area (TPSA) is 107 Å². The van der Waals surface area contributed by atoms with E-state index in [2.05, 4.69) is 38.8 Å². The summed E-state index contributed by atoms with van der Waals surface area (Å²) >= 11 is 0. The third-order valence-corrected chi connectivity index (χ3v) is 4.59. The standard InChI is InChI=1S/C18H27N5O3S.ClH/c1-5-23(6-2)17-11-13(3)20-18(21-17)19-12-16(24)14-7-9-15(10-8-14)22-27(4,25)26;/h7-11,16,22,24H,5-6,12H2,1-4H3,(H,19,20,21);1H. The first-order chi connectivity index (χ1) is 12.7. The number of aliphatic hydroxyl groups excluding tert-OH is 1. The second-order valence-corrected chi connectivity index (χ2v) is 8.00. The molecule has 1 unspecified atom stereocenters. The predicted octanol–water partition coefficient (Wildman–Crippen LogP) is 2.57. The van der Waals surface area contributed by atoms with E-state index in [0.29, 0.717) is 17.2 Å². The highest BCUT2D eigenvalue weighted by molar-refractivity contribution is 7.92. The molecule has 0 aliphatic rings. The number of aryl methyl sites for hydroxylation is 1. The van der Waals surface area contributed by atoms with Crippen molar-refractivity contribution in [2.24, 2.45) is 0 Å². The van der Waals surface area contributed by atoms with Crippen molar-refractivity contribution >= 4 is 39.9 Å². The number of sulfonamides is 1. The second kappa shape index (κ2) is 10.4. The summed E-state index contributed by atoms with van der Waals surface area (Å²) in [6.45, 7) is 7.98. The van der Waals surface area contributed by atoms with Gasteiger partial charge < -0.3 is 15.3 Å². The maximum Gasteiger partial charge on any atom is 0.229 e. The first-order valence-electron chi connectivity index (χ1n) is 8.82. The van der Waals surface area contributed by atoms with Gasteiger partial charge in [0.05, 0.1) is 12.4 Å². The van der Waals surface area contributed by atoms with Crippen molar-refractivity contribution < 1.29 is 13.5 Å². The first-order valence-corrected chi connectivity index (χ1v) is 10.7. The molecular formula is C18H28ClN5O3S. The quantitative estimate of drug-likeness (QED) is 0.562. The number of nitrogens with one attached hydrogen (secondary N) is 2. The second-order valence-electron chi connectivity index (χ2n) is 6.26. The highest BCUT2D eigenvalue weighted by Crippen LogP contribution is 2.19. The summed E-state index contributed by atoms with van der Waals surface area (Å²) < 4.78 is 24.9. The van der Waals surface area contributed by atoms with Crippen LogP contribution in [0.5, 0.6) is 0 Å². The SMILES string of the molecule is CCN(CC)c1cc(C)nc(NCC(O)c2ccc(NS(C)(=O)=O)cc2)n1.Cl. The third kappa shape index (κ3) is 7.14. The van der Waals surface area contributed by atoms with Gasteiger partial charge in [-0.3, -0.25) is 4.72 Å². The summed E-state index contributed by atoms with van der Waals surface area (Å²) in [5, 5.41) is 13.4. The minimum Gasteiger partial charge on any atom is -0.387 e. The lowest BCUT2D eigenvalue weighted by Crippen LogP contribution is -2.24. The summed E-state index contributed by atoms with van der Waals surface area (Å²) in [6.07, 6.45) is 0.312. The van der Waals surface area contributed by atoms with Gasteiger partial charge in [0.2, 0.25) is 16.0 Å². The molecule has 0 radical (unpaired) electrons. The minimum absolute atomic E-state index is 0. The molecule has 0 amide bonds. The van der Waals surface area contributed by atoms with Crippen molar-refractivity contribution in [2.75, 3.05) is 40.8 Å². The van der Waals surface area contributed by atoms with Gasteiger partial charge in [-0.1, -0.05) is 12.1 Å². The number of hydrogen-bond acceptors (Lipinski definition) is 7. The number of aromatic nitrogens is 2. The number of nitrogens with zero attached hydrogens (tertiary/aromatic N) is 3. The van der Waals surface area contributed by atoms with Gasteiger partial charge in [0.1, 0.15) is 5.82 Å². The van der Waals surface area contributed by atoms with E-state index in [1.807, 2.05) is 13.0 Å². The number of hydrogen-bond donors (Lipinski definition) is 3. The van der Waals surface area contributed by atoms with Gasteiger partial charge in [0.15, 0.2) is 0 Å². The molecule has 1 atom stereocenters. The number of rotatable bonds is 9. The molecule has 1 aromatic heterocycles. The highest BCUT2D eigenvalue weighted by Gasteiger charge is 2.11. The Labute approximate surface area is 172 Å². The van der Waals surface area contributed by atoms with Crippen LogP contribution in [0.3, 0.4) is 0 Å². The molecule has 1 aromatic carbocycles. The Morgan fingerprint density at radius 2 is 1.75 bits per heavy atom. The van der Waals surface area contributed by atoms with E-state index in [0.717, 1.165) is 30.9 Å². The summed E-state index contributed by atoms with van der Waals surface area (Å²) in [5.74, 6) is 1.31. The largest absolute Gasteiger partial charge is 0.387 e. The molecule has 28 heavy (non-hydrogen) atoms. The van der Waals surface area contributed by atoms with Gasteiger partial charge in [0, 0.05) is 37.1 Å². The van der Waals surface area contributed by atoms with Crippen LogP contribution >= 0.6 is 12.4 Å². The van der Waals surface area contributed by atoms with E-state index in [-0.39, 0.29) is 19.0 Å². The molecule has 0 aliphatic carbocycles. The molecule has 3 N–H and O–H groups in total. The van der Waals surface area contributed by atoms with Crippen LogP contribution in [0.1, 0.15) is 31.2 Å². The van der Waals surface area contributed by atoms with Crippen LogP contribution in [-0.2, 0) is 10.0 Å². The van der Waals surface area contributed by atoms with Crippen molar-refractivity contribution in [1.82, 2.24) is 9.97 Å². The Morgan fingerprint density at radius 1 is 1.14 bits per heavy atom. The summed E-state index contributed by atoms with van der Waals surface area (Å²) in [5.41, 5.74) is 1.96. The molecular weight excluding hydrogens is 402 g/mol. The normalized spacial score (nSPS) is 12.0. The van der Waals surface area contributed by atoms with Crippen LogP contribution in [0.25, 0.3) is 0 Å². The fraction of sp³-hybridized carbons (Fsp3) is 0.444. The van der Waals surface area contributed by atoms with Gasteiger partial charge >= 0.3 is 0 Å². The predicted molar refractivity (Wildman–Crippen MR) is 116 cm³/mol. The van der Waals surface area contributed by atoms with Gasteiger partial charge in [-0.25, -0.2) is 13.4 Å². The van der Waals surface area contributed by atoms with Crippen LogP contribution < -0.4 is 14.9 Å². The zero-order valence-corrected chi connectivity index (χ0v) is 18.1. The van der Waals surface area contributed by atoms with Crippen LogP contribution in [0.15, 0.2) is 30.3 Å². The summed E-state index contributed by atoms with van der Waals surface area (Å²) in [7, 11) is -3.32. The van der Waals surface area contributed by atoms with Crippen molar-refractivity contribution in [1.29, 1.82) is 0 Å². The molecule has 156 valence electrons. The number of aliphatic hydroxyl groups is 1. The van der Waals surface area contributed by atoms with Gasteiger partial charge in [-0.2, -0.15) is 4.98 Å². The molecule has 0 spiro atoms. The molecule has 1 heterocycles. The van der Waals surface area contributed by atoms with Gasteiger partial charge in [-0.15, -0.1) is 12.4 Å². The molecule has 10 heteroatoms. The van der Waals surface area contributed by atoms with Crippen molar-refractivity contribution in [2.45, 2.75) is 26.9 Å². The van der Waals surface area contributed by atoms with E-state index in [4.69, 9.17) is 0 Å². The maximum atomic E-state index is 11.2. The maximum absolute atomic E-state index is 11.2. The van der Waals surface area contributed by atoms with E-state index in [1.54, 1.807) is 24.3 Å². The molecule has 0 saturated heterocycles. The lowest BCUT2D eigenvalue weighted by molar-refractivity contribution is 0.191. The number of halogens is 1. The van der Waals surface area contributed by atoms with Crippen LogP contribution in [0, 0.1) is 6.92 Å². The summed E-state index contributed by atoms with van der Waals surface area (Å²) in [4.78, 5) is 11.0. The monoisotopic (exact) mass is 429 g/mol. The molecule has 0 bridgehead atoms. The van der Waals surface area contributed by atoms with Crippen LogP contribution in [-0.4, -0.2) is 49.4 Å². The molecule has 2 aromatic rings. The average Bonchev–Trinajstić information content (AvgIpc) is 2.59. The molecule has 0 saturated carbocycles. The van der Waals surface area contributed by atoms with Crippen molar-refractivity contribution in [3.05, 3.63) is 41.6 Å². The van der Waals surface area contributed by atoms with Gasteiger partial charge in [-0.05, 0) is 38.5 Å². The average molecular weight is 430 g/mol. The third-order valence-electron chi connectivity index (χ3n) is 3.98. The fourth-order valence-corrected chi connectivity index (χ4v) is 3.20. The van der Waals surface area contributed by atoms with E-state index < -0.39 is 16.1 Å². The molecule has 0 aliphatic heterocycles. The Hall–Kier alpha value is -2.10. The van der Waals surface area contributed by atoms with E-state index in [1.165, 1.54) is 0 Å². The lowest BCUT2D eigenvalue weighted by atomic mass is 10.1. The van der Waals surface area contributed by atoms with Crippen LogP contribution in [0.2, 0.25) is 0 Å². The molecule has 8 nitrogen and oxygen atoms in total. The molecule has 0 fully saturated rings.